The third kappa shape index (κ3) is 6.14. The smallest absolute Gasteiger partial charge is 0.416 e. The molecule has 36 heavy (non-hydrogen) atoms. The number of rotatable bonds is 8. The van der Waals surface area contributed by atoms with Gasteiger partial charge in [-0.2, -0.15) is 13.2 Å². The molecule has 1 aliphatic heterocycles. The zero-order chi connectivity index (χ0) is 25.7. The Balaban J connectivity index is 1.67. The summed E-state index contributed by atoms with van der Waals surface area (Å²) in [7, 11) is 3.44. The fourth-order valence-electron chi connectivity index (χ4n) is 4.49. The number of hydrogen-bond donors (Lipinski definition) is 1. The molecule has 0 bridgehead atoms. The number of likely N-dealkylation sites (N-methyl/N-ethyl adjacent to an activating group) is 1. The number of nitrogens with one attached hydrogen (secondary N) is 1. The molecule has 1 aliphatic rings. The van der Waals surface area contributed by atoms with E-state index in [9.17, 15) is 13.2 Å². The van der Waals surface area contributed by atoms with Crippen molar-refractivity contribution in [3.8, 4) is 17.0 Å². The molecule has 4 rings (SSSR count). The van der Waals surface area contributed by atoms with E-state index in [1.54, 1.807) is 0 Å². The van der Waals surface area contributed by atoms with Crippen molar-refractivity contribution < 1.29 is 22.6 Å². The van der Waals surface area contributed by atoms with Crippen molar-refractivity contribution in [3.63, 3.8) is 0 Å². The summed E-state index contributed by atoms with van der Waals surface area (Å²) in [5.74, 6) is 0.725. The van der Waals surface area contributed by atoms with Crippen LogP contribution >= 0.6 is 0 Å². The average Bonchev–Trinajstić information content (AvgIpc) is 2.86. The lowest BCUT2D eigenvalue weighted by Crippen LogP contribution is -2.40. The van der Waals surface area contributed by atoms with Crippen molar-refractivity contribution in [1.82, 2.24) is 15.1 Å². The van der Waals surface area contributed by atoms with Crippen LogP contribution in [0.15, 0.2) is 48.5 Å². The van der Waals surface area contributed by atoms with Crippen LogP contribution in [0.25, 0.3) is 11.3 Å². The largest absolute Gasteiger partial charge is 0.496 e. The van der Waals surface area contributed by atoms with Crippen LogP contribution in [0.1, 0.15) is 35.1 Å². The van der Waals surface area contributed by atoms with Gasteiger partial charge in [0.1, 0.15) is 11.4 Å². The number of halogens is 3. The minimum absolute atomic E-state index is 0.0907. The third-order valence-corrected chi connectivity index (χ3v) is 6.45. The van der Waals surface area contributed by atoms with Gasteiger partial charge in [0.2, 0.25) is 0 Å². The van der Waals surface area contributed by atoms with Crippen molar-refractivity contribution in [3.05, 3.63) is 70.8 Å². The topological polar surface area (TPSA) is 59.5 Å². The normalized spacial score (nSPS) is 16.7. The van der Waals surface area contributed by atoms with Gasteiger partial charge in [-0.05, 0) is 62.7 Å². The molecule has 1 aromatic heterocycles. The lowest BCUT2D eigenvalue weighted by atomic mass is 10.00. The van der Waals surface area contributed by atoms with Gasteiger partial charge in [-0.3, -0.25) is 0 Å². The zero-order valence-corrected chi connectivity index (χ0v) is 20.7. The Morgan fingerprint density at radius 1 is 1.08 bits per heavy atom. The van der Waals surface area contributed by atoms with Crippen molar-refractivity contribution >= 4 is 5.82 Å². The molecule has 192 valence electrons. The highest BCUT2D eigenvalue weighted by atomic mass is 19.4. The molecule has 3 aromatic rings. The van der Waals surface area contributed by atoms with Crippen LogP contribution in [0.3, 0.4) is 0 Å². The Hall–Kier alpha value is -3.17. The number of ether oxygens (including phenoxy) is 2. The van der Waals surface area contributed by atoms with Gasteiger partial charge in [0.25, 0.3) is 0 Å². The molecule has 0 spiro atoms. The molecule has 1 fully saturated rings. The lowest BCUT2D eigenvalue weighted by molar-refractivity contribution is -0.137. The highest BCUT2D eigenvalue weighted by Gasteiger charge is 2.32. The van der Waals surface area contributed by atoms with E-state index in [-0.39, 0.29) is 18.4 Å². The van der Waals surface area contributed by atoms with Crippen LogP contribution in [-0.2, 0) is 24.1 Å². The molecule has 0 saturated carbocycles. The number of piperidine rings is 1. The van der Waals surface area contributed by atoms with Crippen LogP contribution in [-0.4, -0.2) is 48.4 Å². The van der Waals surface area contributed by atoms with E-state index in [2.05, 4.69) is 27.5 Å². The molecule has 9 heteroatoms. The summed E-state index contributed by atoms with van der Waals surface area (Å²) in [6, 6.07) is 13.5. The van der Waals surface area contributed by atoms with Gasteiger partial charge in [-0.15, -0.1) is 10.2 Å². The van der Waals surface area contributed by atoms with Gasteiger partial charge < -0.3 is 19.7 Å². The molecule has 1 atom stereocenters. The Kier molecular flexibility index (Phi) is 8.11. The first-order chi connectivity index (χ1) is 17.3. The van der Waals surface area contributed by atoms with E-state index in [0.717, 1.165) is 54.8 Å². The van der Waals surface area contributed by atoms with Crippen LogP contribution in [0.4, 0.5) is 19.0 Å². The predicted octanol–water partition coefficient (Wildman–Crippen LogP) is 5.70. The first kappa shape index (κ1) is 25.9. The fraction of sp³-hybridized carbons (Fsp3) is 0.407. The molecule has 0 aliphatic carbocycles. The lowest BCUT2D eigenvalue weighted by Gasteiger charge is -2.31. The summed E-state index contributed by atoms with van der Waals surface area (Å²) >= 11 is 0. The average molecular weight is 501 g/mol. The quantitative estimate of drug-likeness (QED) is 0.428. The van der Waals surface area contributed by atoms with Crippen LogP contribution in [0.5, 0.6) is 5.75 Å². The number of nitrogens with zero attached hydrogens (tertiary/aromatic N) is 3. The summed E-state index contributed by atoms with van der Waals surface area (Å²) in [4.78, 5) is 2.27. The number of likely N-dealkylation sites (tertiary alicyclic amines) is 1. The molecule has 1 saturated heterocycles. The molecule has 6 nitrogen and oxygen atoms in total. The Morgan fingerprint density at radius 2 is 1.86 bits per heavy atom. The monoisotopic (exact) mass is 500 g/mol. The molecule has 1 N–H and O–H groups in total. The fourth-order valence-corrected chi connectivity index (χ4v) is 4.49. The summed E-state index contributed by atoms with van der Waals surface area (Å²) < 4.78 is 51.1. The van der Waals surface area contributed by atoms with Gasteiger partial charge >= 0.3 is 6.18 Å². The Bertz CT molecular complexity index is 1170. The second-order valence-electron chi connectivity index (χ2n) is 9.14. The Morgan fingerprint density at radius 3 is 2.56 bits per heavy atom. The molecule has 0 radical (unpaired) electrons. The Labute approximate surface area is 209 Å². The second-order valence-corrected chi connectivity index (χ2v) is 9.14. The van der Waals surface area contributed by atoms with E-state index < -0.39 is 11.7 Å². The van der Waals surface area contributed by atoms with Crippen molar-refractivity contribution in [2.75, 3.05) is 32.6 Å². The SMILES string of the molecule is COc1cc(C(F)(F)F)ccc1-c1nnc(N[C@@H]2CCCN(C)C2)c(COCc2ccccc2)c1C. The summed E-state index contributed by atoms with van der Waals surface area (Å²) in [6.07, 6.45) is -2.37. The van der Waals surface area contributed by atoms with Gasteiger partial charge in [0.05, 0.1) is 25.9 Å². The maximum absolute atomic E-state index is 13.3. The van der Waals surface area contributed by atoms with Crippen molar-refractivity contribution in [2.45, 2.75) is 45.2 Å². The molecule has 0 unspecified atom stereocenters. The van der Waals surface area contributed by atoms with E-state index in [0.29, 0.717) is 23.7 Å². The van der Waals surface area contributed by atoms with Gasteiger partial charge in [0, 0.05) is 23.7 Å². The van der Waals surface area contributed by atoms with E-state index in [1.807, 2.05) is 37.3 Å². The van der Waals surface area contributed by atoms with Gasteiger partial charge in [0.15, 0.2) is 5.82 Å². The van der Waals surface area contributed by atoms with Crippen LogP contribution in [0, 0.1) is 6.92 Å². The third-order valence-electron chi connectivity index (χ3n) is 6.45. The summed E-state index contributed by atoms with van der Waals surface area (Å²) in [5.41, 5.74) is 2.79. The van der Waals surface area contributed by atoms with E-state index in [1.165, 1.54) is 13.2 Å². The minimum atomic E-state index is -4.47. The standard InChI is InChI=1S/C27H31F3N4O2/c1-18-23(17-36-16-19-8-5-4-6-9-19)26(31-21-10-7-13-34(2)15-21)33-32-25(18)22-12-11-20(27(28,29)30)14-24(22)35-3/h4-6,8-9,11-12,14,21H,7,10,13,15-17H2,1-3H3,(H,31,33)/t21-/m1/s1. The molecule has 2 heterocycles. The number of anilines is 1. The number of hydrogen-bond acceptors (Lipinski definition) is 6. The van der Waals surface area contributed by atoms with E-state index >= 15 is 0 Å². The zero-order valence-electron chi connectivity index (χ0n) is 20.7. The minimum Gasteiger partial charge on any atom is -0.496 e. The van der Waals surface area contributed by atoms with Crippen molar-refractivity contribution in [1.29, 1.82) is 0 Å². The number of benzene rings is 2. The number of aromatic nitrogens is 2. The maximum atomic E-state index is 13.3. The number of methoxy groups -OCH3 is 1. The van der Waals surface area contributed by atoms with Crippen LogP contribution in [0.2, 0.25) is 0 Å². The van der Waals surface area contributed by atoms with Gasteiger partial charge in [-0.1, -0.05) is 30.3 Å². The molecule has 0 amide bonds. The maximum Gasteiger partial charge on any atom is 0.416 e. The predicted molar refractivity (Wildman–Crippen MR) is 133 cm³/mol. The first-order valence-corrected chi connectivity index (χ1v) is 11.9. The highest BCUT2D eigenvalue weighted by Crippen LogP contribution is 2.38. The molecular weight excluding hydrogens is 469 g/mol. The first-order valence-electron chi connectivity index (χ1n) is 11.9. The van der Waals surface area contributed by atoms with E-state index in [4.69, 9.17) is 9.47 Å². The second kappa shape index (κ2) is 11.3. The summed E-state index contributed by atoms with van der Waals surface area (Å²) in [5, 5.41) is 12.4. The van der Waals surface area contributed by atoms with Crippen LogP contribution < -0.4 is 10.1 Å². The number of alkyl halides is 3. The van der Waals surface area contributed by atoms with Crippen molar-refractivity contribution in [2.24, 2.45) is 0 Å². The molecular formula is C27H31F3N4O2. The summed E-state index contributed by atoms with van der Waals surface area (Å²) in [6.45, 7) is 4.53. The molecule has 2 aromatic carbocycles. The highest BCUT2D eigenvalue weighted by molar-refractivity contribution is 5.72. The van der Waals surface area contributed by atoms with Gasteiger partial charge in [-0.25, -0.2) is 0 Å².